The summed E-state index contributed by atoms with van der Waals surface area (Å²) in [6, 6.07) is 0. The van der Waals surface area contributed by atoms with Gasteiger partial charge in [-0.15, -0.1) is 5.92 Å². The van der Waals surface area contributed by atoms with Gasteiger partial charge in [0, 0.05) is 6.42 Å². The molecule has 11 heavy (non-hydrogen) atoms. The summed E-state index contributed by atoms with van der Waals surface area (Å²) in [5, 5.41) is 9.20. The van der Waals surface area contributed by atoms with Crippen LogP contribution in [-0.2, 0) is 0 Å². The van der Waals surface area contributed by atoms with Gasteiger partial charge in [-0.2, -0.15) is 0 Å². The maximum atomic E-state index is 9.20. The Bertz CT molecular complexity index is 142. The van der Waals surface area contributed by atoms with Gasteiger partial charge in [-0.3, -0.25) is 0 Å². The van der Waals surface area contributed by atoms with Gasteiger partial charge in [0.2, 0.25) is 0 Å². The van der Waals surface area contributed by atoms with Gasteiger partial charge in [-0.25, -0.2) is 0 Å². The van der Waals surface area contributed by atoms with Gasteiger partial charge in [0.1, 0.15) is 5.60 Å². The Kier molecular flexibility index (Phi) is 4.98. The third-order valence-electron chi connectivity index (χ3n) is 1.30. The molecule has 0 aromatic rings. The van der Waals surface area contributed by atoms with E-state index in [1.165, 1.54) is 12.8 Å². The van der Waals surface area contributed by atoms with E-state index < -0.39 is 5.60 Å². The second-order valence-corrected chi connectivity index (χ2v) is 3.32. The Morgan fingerprint density at radius 3 is 2.36 bits per heavy atom. The number of aliphatic hydroxyl groups is 1. The Morgan fingerprint density at radius 1 is 1.27 bits per heavy atom. The Labute approximate surface area is 69.8 Å². The van der Waals surface area contributed by atoms with E-state index in [2.05, 4.69) is 18.8 Å². The van der Waals surface area contributed by atoms with E-state index in [1.54, 1.807) is 13.8 Å². The molecule has 0 bridgehead atoms. The van der Waals surface area contributed by atoms with Gasteiger partial charge < -0.3 is 5.11 Å². The molecular weight excluding hydrogens is 136 g/mol. The van der Waals surface area contributed by atoms with Crippen LogP contribution >= 0.6 is 0 Å². The molecule has 0 atom stereocenters. The van der Waals surface area contributed by atoms with Crippen molar-refractivity contribution in [2.24, 2.45) is 0 Å². The van der Waals surface area contributed by atoms with E-state index in [4.69, 9.17) is 0 Å². The average Bonchev–Trinajstić information content (AvgIpc) is 1.85. The molecular formula is C10H18O. The molecule has 1 heteroatoms. The molecule has 1 N–H and O–H groups in total. The lowest BCUT2D eigenvalue weighted by Gasteiger charge is -2.05. The first kappa shape index (κ1) is 10.5. The first-order chi connectivity index (χ1) is 5.06. The lowest BCUT2D eigenvalue weighted by molar-refractivity contribution is 0.143. The van der Waals surface area contributed by atoms with Crippen molar-refractivity contribution in [2.75, 3.05) is 0 Å². The number of hydrogen-bond donors (Lipinski definition) is 1. The highest BCUT2D eigenvalue weighted by Gasteiger charge is 2.04. The van der Waals surface area contributed by atoms with Crippen molar-refractivity contribution >= 4 is 0 Å². The van der Waals surface area contributed by atoms with E-state index in [-0.39, 0.29) is 0 Å². The van der Waals surface area contributed by atoms with Gasteiger partial charge in [-0.1, -0.05) is 25.7 Å². The number of rotatable bonds is 3. The number of unbranched alkanes of at least 4 members (excludes halogenated alkanes) is 3. The van der Waals surface area contributed by atoms with Crippen LogP contribution in [0.1, 0.15) is 46.5 Å². The fourth-order valence-electron chi connectivity index (χ4n) is 0.742. The van der Waals surface area contributed by atoms with Crippen LogP contribution in [0.3, 0.4) is 0 Å². The summed E-state index contributed by atoms with van der Waals surface area (Å²) in [6.07, 6.45) is 4.53. The maximum Gasteiger partial charge on any atom is 0.119 e. The van der Waals surface area contributed by atoms with Crippen LogP contribution in [0.5, 0.6) is 0 Å². The largest absolute Gasteiger partial charge is 0.378 e. The van der Waals surface area contributed by atoms with Crippen molar-refractivity contribution in [3.05, 3.63) is 0 Å². The average molecular weight is 154 g/mol. The lowest BCUT2D eigenvalue weighted by atomic mass is 10.1. The third-order valence-corrected chi connectivity index (χ3v) is 1.30. The predicted octanol–water partition coefficient (Wildman–Crippen LogP) is 2.34. The van der Waals surface area contributed by atoms with Crippen LogP contribution in [0, 0.1) is 11.8 Å². The van der Waals surface area contributed by atoms with E-state index in [0.717, 1.165) is 12.8 Å². The third kappa shape index (κ3) is 9.52. The second kappa shape index (κ2) is 5.21. The van der Waals surface area contributed by atoms with E-state index >= 15 is 0 Å². The summed E-state index contributed by atoms with van der Waals surface area (Å²) < 4.78 is 0. The van der Waals surface area contributed by atoms with Crippen molar-refractivity contribution in [1.29, 1.82) is 0 Å². The molecule has 0 aromatic heterocycles. The summed E-state index contributed by atoms with van der Waals surface area (Å²) in [5.74, 6) is 5.75. The van der Waals surface area contributed by atoms with Crippen LogP contribution in [0.4, 0.5) is 0 Å². The molecule has 0 aliphatic heterocycles. The monoisotopic (exact) mass is 154 g/mol. The van der Waals surface area contributed by atoms with E-state index in [9.17, 15) is 5.11 Å². The van der Waals surface area contributed by atoms with Crippen molar-refractivity contribution in [2.45, 2.75) is 52.1 Å². The van der Waals surface area contributed by atoms with Gasteiger partial charge in [0.05, 0.1) is 0 Å². The molecule has 0 unspecified atom stereocenters. The molecule has 1 nitrogen and oxygen atoms in total. The number of hydrogen-bond acceptors (Lipinski definition) is 1. The topological polar surface area (TPSA) is 20.2 Å². The van der Waals surface area contributed by atoms with Crippen molar-refractivity contribution in [3.8, 4) is 11.8 Å². The summed E-state index contributed by atoms with van der Waals surface area (Å²) >= 11 is 0. The van der Waals surface area contributed by atoms with Crippen molar-refractivity contribution < 1.29 is 5.11 Å². The Hall–Kier alpha value is -0.480. The van der Waals surface area contributed by atoms with Crippen LogP contribution < -0.4 is 0 Å². The summed E-state index contributed by atoms with van der Waals surface area (Å²) in [7, 11) is 0. The zero-order valence-electron chi connectivity index (χ0n) is 7.78. The Balaban J connectivity index is 3.41. The maximum absolute atomic E-state index is 9.20. The molecule has 0 rings (SSSR count). The van der Waals surface area contributed by atoms with E-state index in [1.807, 2.05) is 0 Å². The highest BCUT2D eigenvalue weighted by molar-refractivity contribution is 5.09. The standard InChI is InChI=1S/C10H18O/c1-4-5-6-7-8-9-10(2,3)11/h11H,4-7H2,1-3H3. The fourth-order valence-corrected chi connectivity index (χ4v) is 0.742. The second-order valence-electron chi connectivity index (χ2n) is 3.32. The molecule has 0 saturated heterocycles. The first-order valence-electron chi connectivity index (χ1n) is 4.28. The molecule has 0 radical (unpaired) electrons. The zero-order chi connectivity index (χ0) is 8.74. The normalized spacial score (nSPS) is 10.5. The summed E-state index contributed by atoms with van der Waals surface area (Å²) in [4.78, 5) is 0. The van der Waals surface area contributed by atoms with Crippen molar-refractivity contribution in [1.82, 2.24) is 0 Å². The van der Waals surface area contributed by atoms with Crippen LogP contribution in [0.15, 0.2) is 0 Å². The molecule has 0 aliphatic carbocycles. The Morgan fingerprint density at radius 2 is 1.91 bits per heavy atom. The molecule has 64 valence electrons. The molecule has 0 aliphatic rings. The summed E-state index contributed by atoms with van der Waals surface area (Å²) in [5.41, 5.74) is -0.813. The molecule has 0 heterocycles. The van der Waals surface area contributed by atoms with Crippen LogP contribution in [0.25, 0.3) is 0 Å². The fraction of sp³-hybridized carbons (Fsp3) is 0.800. The minimum Gasteiger partial charge on any atom is -0.378 e. The zero-order valence-corrected chi connectivity index (χ0v) is 7.78. The molecule has 0 aromatic carbocycles. The smallest absolute Gasteiger partial charge is 0.119 e. The van der Waals surface area contributed by atoms with Gasteiger partial charge >= 0.3 is 0 Å². The SMILES string of the molecule is CCCCCC#CC(C)(C)O. The lowest BCUT2D eigenvalue weighted by Crippen LogP contribution is -2.14. The minimum atomic E-state index is -0.813. The van der Waals surface area contributed by atoms with Gasteiger partial charge in [-0.05, 0) is 20.3 Å². The predicted molar refractivity (Wildman–Crippen MR) is 48.2 cm³/mol. The van der Waals surface area contributed by atoms with E-state index in [0.29, 0.717) is 0 Å². The van der Waals surface area contributed by atoms with Crippen LogP contribution in [0.2, 0.25) is 0 Å². The molecule has 0 saturated carbocycles. The molecule has 0 spiro atoms. The van der Waals surface area contributed by atoms with Gasteiger partial charge in [0.15, 0.2) is 0 Å². The minimum absolute atomic E-state index is 0.813. The highest BCUT2D eigenvalue weighted by Crippen LogP contribution is 2.00. The molecule has 0 amide bonds. The van der Waals surface area contributed by atoms with Crippen LogP contribution in [-0.4, -0.2) is 10.7 Å². The highest BCUT2D eigenvalue weighted by atomic mass is 16.3. The van der Waals surface area contributed by atoms with Crippen molar-refractivity contribution in [3.63, 3.8) is 0 Å². The van der Waals surface area contributed by atoms with Gasteiger partial charge in [0.25, 0.3) is 0 Å². The summed E-state index contributed by atoms with van der Waals surface area (Å²) in [6.45, 7) is 5.59. The quantitative estimate of drug-likeness (QED) is 0.488. The first-order valence-corrected chi connectivity index (χ1v) is 4.28. The molecule has 0 fully saturated rings.